The van der Waals surface area contributed by atoms with Gasteiger partial charge in [-0.3, -0.25) is 4.79 Å². The molecular formula is C25H25N3O2. The third-order valence-corrected chi connectivity index (χ3v) is 5.08. The topological polar surface area (TPSA) is 67.9 Å². The molecule has 152 valence electrons. The van der Waals surface area contributed by atoms with Gasteiger partial charge in [-0.2, -0.15) is 0 Å². The van der Waals surface area contributed by atoms with Gasteiger partial charge in [0.1, 0.15) is 5.75 Å². The molecule has 5 rings (SSSR count). The summed E-state index contributed by atoms with van der Waals surface area (Å²) in [5.74, 6) is 1.30. The lowest BCUT2D eigenvalue weighted by molar-refractivity contribution is 0.103. The van der Waals surface area contributed by atoms with Crippen LogP contribution < -0.4 is 4.74 Å². The second kappa shape index (κ2) is 9.83. The van der Waals surface area contributed by atoms with Crippen molar-refractivity contribution in [1.29, 1.82) is 0 Å². The van der Waals surface area contributed by atoms with E-state index in [-0.39, 0.29) is 5.78 Å². The Morgan fingerprint density at radius 3 is 2.10 bits per heavy atom. The van der Waals surface area contributed by atoms with Gasteiger partial charge >= 0.3 is 0 Å². The molecule has 2 aromatic carbocycles. The SMILES string of the molecule is C1CCCCC1.O=C(c1ccc(Oc2ccccn2)cc1)c1nc2ccccc2[nH]1. The Kier molecular flexibility index (Phi) is 6.50. The molecule has 0 bridgehead atoms. The second-order valence-electron chi connectivity index (χ2n) is 7.35. The van der Waals surface area contributed by atoms with Crippen molar-refractivity contribution in [2.24, 2.45) is 0 Å². The molecule has 30 heavy (non-hydrogen) atoms. The van der Waals surface area contributed by atoms with Crippen molar-refractivity contribution in [3.8, 4) is 11.6 Å². The molecule has 0 spiro atoms. The lowest BCUT2D eigenvalue weighted by atomic mass is 10.0. The number of hydrogen-bond acceptors (Lipinski definition) is 4. The molecule has 0 unspecified atom stereocenters. The van der Waals surface area contributed by atoms with E-state index in [1.165, 1.54) is 38.5 Å². The van der Waals surface area contributed by atoms with Gasteiger partial charge in [0.25, 0.3) is 0 Å². The Hall–Kier alpha value is -3.47. The molecule has 5 nitrogen and oxygen atoms in total. The number of pyridine rings is 1. The Morgan fingerprint density at radius 2 is 1.47 bits per heavy atom. The number of ether oxygens (including phenoxy) is 1. The Labute approximate surface area is 176 Å². The van der Waals surface area contributed by atoms with E-state index >= 15 is 0 Å². The summed E-state index contributed by atoms with van der Waals surface area (Å²) >= 11 is 0. The van der Waals surface area contributed by atoms with Crippen LogP contribution in [0.2, 0.25) is 0 Å². The molecule has 2 heterocycles. The minimum absolute atomic E-state index is 0.157. The second-order valence-corrected chi connectivity index (χ2v) is 7.35. The number of imidazole rings is 1. The first-order chi connectivity index (χ1) is 14.8. The van der Waals surface area contributed by atoms with Crippen molar-refractivity contribution < 1.29 is 9.53 Å². The number of para-hydroxylation sites is 2. The maximum absolute atomic E-state index is 12.5. The lowest BCUT2D eigenvalue weighted by Gasteiger charge is -2.05. The number of nitrogens with zero attached hydrogens (tertiary/aromatic N) is 2. The number of carbonyl (C=O) groups is 1. The highest BCUT2D eigenvalue weighted by Gasteiger charge is 2.14. The average Bonchev–Trinajstić information content (AvgIpc) is 3.26. The predicted molar refractivity (Wildman–Crippen MR) is 118 cm³/mol. The van der Waals surface area contributed by atoms with E-state index in [0.717, 1.165) is 11.0 Å². The van der Waals surface area contributed by atoms with E-state index in [2.05, 4.69) is 15.0 Å². The van der Waals surface area contributed by atoms with E-state index in [4.69, 9.17) is 4.74 Å². The number of H-pyrrole nitrogens is 1. The van der Waals surface area contributed by atoms with Crippen molar-refractivity contribution in [2.45, 2.75) is 38.5 Å². The molecule has 4 aromatic rings. The van der Waals surface area contributed by atoms with Crippen LogP contribution in [0.15, 0.2) is 72.9 Å². The van der Waals surface area contributed by atoms with Gasteiger partial charge in [-0.25, -0.2) is 9.97 Å². The zero-order valence-corrected chi connectivity index (χ0v) is 16.9. The van der Waals surface area contributed by atoms with Crippen LogP contribution in [0.1, 0.15) is 54.7 Å². The van der Waals surface area contributed by atoms with Crippen molar-refractivity contribution in [2.75, 3.05) is 0 Å². The fourth-order valence-electron chi connectivity index (χ4n) is 3.46. The van der Waals surface area contributed by atoms with Gasteiger partial charge in [-0.1, -0.05) is 56.7 Å². The highest BCUT2D eigenvalue weighted by molar-refractivity contribution is 6.08. The Morgan fingerprint density at radius 1 is 0.800 bits per heavy atom. The number of fused-ring (bicyclic) bond motifs is 1. The number of rotatable bonds is 4. The van der Waals surface area contributed by atoms with Crippen molar-refractivity contribution >= 4 is 16.8 Å². The third-order valence-electron chi connectivity index (χ3n) is 5.08. The fraction of sp³-hybridized carbons (Fsp3) is 0.240. The molecule has 0 atom stereocenters. The number of aromatic amines is 1. The average molecular weight is 399 g/mol. The molecule has 1 N–H and O–H groups in total. The van der Waals surface area contributed by atoms with Crippen LogP contribution in [-0.4, -0.2) is 20.7 Å². The minimum atomic E-state index is -0.157. The maximum atomic E-state index is 12.5. The maximum Gasteiger partial charge on any atom is 0.228 e. The Bertz CT molecular complexity index is 1040. The summed E-state index contributed by atoms with van der Waals surface area (Å²) < 4.78 is 5.62. The monoisotopic (exact) mass is 399 g/mol. The van der Waals surface area contributed by atoms with Crippen LogP contribution in [0.25, 0.3) is 11.0 Å². The van der Waals surface area contributed by atoms with Gasteiger partial charge in [0.15, 0.2) is 5.82 Å². The summed E-state index contributed by atoms with van der Waals surface area (Å²) in [7, 11) is 0. The zero-order chi connectivity index (χ0) is 20.6. The van der Waals surface area contributed by atoms with Gasteiger partial charge in [-0.05, 0) is 42.5 Å². The minimum Gasteiger partial charge on any atom is -0.439 e. The van der Waals surface area contributed by atoms with E-state index in [1.54, 1.807) is 36.5 Å². The molecule has 1 fully saturated rings. The fourth-order valence-corrected chi connectivity index (χ4v) is 3.46. The largest absolute Gasteiger partial charge is 0.439 e. The van der Waals surface area contributed by atoms with Gasteiger partial charge in [-0.15, -0.1) is 0 Å². The van der Waals surface area contributed by atoms with E-state index < -0.39 is 0 Å². The lowest BCUT2D eigenvalue weighted by Crippen LogP contribution is -2.03. The van der Waals surface area contributed by atoms with Crippen molar-refractivity contribution in [3.63, 3.8) is 0 Å². The zero-order valence-electron chi connectivity index (χ0n) is 16.9. The summed E-state index contributed by atoms with van der Waals surface area (Å²) in [6, 6.07) is 19.9. The summed E-state index contributed by atoms with van der Waals surface area (Å²) in [6.45, 7) is 0. The molecule has 2 aromatic heterocycles. The third kappa shape index (κ3) is 5.11. The molecule has 0 saturated heterocycles. The molecule has 0 aliphatic heterocycles. The predicted octanol–water partition coefficient (Wildman–Crippen LogP) is 6.32. The van der Waals surface area contributed by atoms with E-state index in [1.807, 2.05) is 36.4 Å². The molecule has 5 heteroatoms. The van der Waals surface area contributed by atoms with Crippen molar-refractivity contribution in [3.05, 3.63) is 84.3 Å². The number of ketones is 1. The molecule has 0 amide bonds. The Balaban J connectivity index is 0.000000313. The highest BCUT2D eigenvalue weighted by atomic mass is 16.5. The number of aromatic nitrogens is 3. The summed E-state index contributed by atoms with van der Waals surface area (Å²) in [6.07, 6.45) is 10.7. The quantitative estimate of drug-likeness (QED) is 0.408. The summed E-state index contributed by atoms with van der Waals surface area (Å²) in [4.78, 5) is 24.0. The van der Waals surface area contributed by atoms with Crippen molar-refractivity contribution in [1.82, 2.24) is 15.0 Å². The summed E-state index contributed by atoms with van der Waals surface area (Å²) in [5, 5.41) is 0. The van der Waals surface area contributed by atoms with Crippen LogP contribution in [0, 0.1) is 0 Å². The standard InChI is InChI=1S/C19H13N3O2.C6H12/c23-18(19-21-15-5-1-2-6-16(15)22-19)13-8-10-14(11-9-13)24-17-7-3-4-12-20-17;1-2-4-6-5-3-1/h1-12H,(H,21,22);1-6H2. The van der Waals surface area contributed by atoms with Gasteiger partial charge in [0.2, 0.25) is 11.7 Å². The van der Waals surface area contributed by atoms with Gasteiger partial charge in [0, 0.05) is 17.8 Å². The molecular weight excluding hydrogens is 374 g/mol. The number of nitrogens with one attached hydrogen (secondary N) is 1. The summed E-state index contributed by atoms with van der Waals surface area (Å²) in [5.41, 5.74) is 2.16. The number of benzene rings is 2. The normalized spacial score (nSPS) is 13.3. The van der Waals surface area contributed by atoms with E-state index in [0.29, 0.717) is 23.0 Å². The van der Waals surface area contributed by atoms with Gasteiger partial charge in [0.05, 0.1) is 11.0 Å². The van der Waals surface area contributed by atoms with Gasteiger partial charge < -0.3 is 9.72 Å². The highest BCUT2D eigenvalue weighted by Crippen LogP contribution is 2.21. The van der Waals surface area contributed by atoms with Crippen LogP contribution in [-0.2, 0) is 0 Å². The molecule has 0 radical (unpaired) electrons. The molecule has 1 saturated carbocycles. The molecule has 1 aliphatic rings. The first-order valence-corrected chi connectivity index (χ1v) is 10.5. The van der Waals surface area contributed by atoms with E-state index in [9.17, 15) is 4.79 Å². The smallest absolute Gasteiger partial charge is 0.228 e. The molecule has 1 aliphatic carbocycles. The van der Waals surface area contributed by atoms with Crippen LogP contribution in [0.5, 0.6) is 11.6 Å². The number of hydrogen-bond donors (Lipinski definition) is 1. The first-order valence-electron chi connectivity index (χ1n) is 10.5. The van der Waals surface area contributed by atoms with Crippen LogP contribution >= 0.6 is 0 Å². The van der Waals surface area contributed by atoms with Crippen LogP contribution in [0.4, 0.5) is 0 Å². The van der Waals surface area contributed by atoms with Crippen LogP contribution in [0.3, 0.4) is 0 Å². The number of carbonyl (C=O) groups excluding carboxylic acids is 1. The first kappa shape index (κ1) is 19.8.